The first-order valence-corrected chi connectivity index (χ1v) is 5.19. The third-order valence-electron chi connectivity index (χ3n) is 0. The van der Waals surface area contributed by atoms with E-state index in [-0.39, 0.29) is 17.4 Å². The zero-order valence-electron chi connectivity index (χ0n) is 5.04. The Morgan fingerprint density at radius 3 is 0.727 bits per heavy atom. The summed E-state index contributed by atoms with van der Waals surface area (Å²) in [5.41, 5.74) is 0. The van der Waals surface area contributed by atoms with E-state index in [9.17, 15) is 0 Å². The van der Waals surface area contributed by atoms with Crippen LogP contribution in [0.2, 0.25) is 0 Å². The first-order chi connectivity index (χ1) is 4.00. The molecule has 8 nitrogen and oxygen atoms in total. The molecular weight excluding hydrogens is 211 g/mol. The van der Waals surface area contributed by atoms with Gasteiger partial charge in [0.2, 0.25) is 0 Å². The Hall–Kier alpha value is 0.646. The minimum Gasteiger partial charge on any atom is -0.861 e. The van der Waals surface area contributed by atoms with Gasteiger partial charge < -0.3 is 38.4 Å². The average molecular weight is 216 g/mol. The fourth-order valence-corrected chi connectivity index (χ4v) is 0. The van der Waals surface area contributed by atoms with Crippen molar-refractivity contribution >= 4 is 35.5 Å². The molecule has 0 aliphatic carbocycles. The van der Waals surface area contributed by atoms with Crippen LogP contribution in [0.25, 0.3) is 0 Å². The Bertz CT molecular complexity index is 55.1. The largest absolute Gasteiger partial charge is 3.00 e. The van der Waals surface area contributed by atoms with Gasteiger partial charge in [-0.1, -0.05) is 0 Å². The molecule has 11 heteroatoms. The SMILES string of the molecule is O[Si](O)(O)O.[Al+3].[O-][Si]([O-])([O-])O. The number of hydrogen-bond acceptors (Lipinski definition) is 8. The van der Waals surface area contributed by atoms with Crippen LogP contribution in [0.5, 0.6) is 0 Å². The Morgan fingerprint density at radius 2 is 0.727 bits per heavy atom. The van der Waals surface area contributed by atoms with Crippen LogP contribution in [0.1, 0.15) is 0 Å². The van der Waals surface area contributed by atoms with Crippen molar-refractivity contribution < 1.29 is 38.4 Å². The maximum absolute atomic E-state index is 8.69. The van der Waals surface area contributed by atoms with Crippen molar-refractivity contribution in [3.8, 4) is 0 Å². The van der Waals surface area contributed by atoms with Crippen LogP contribution in [-0.2, 0) is 0 Å². The van der Waals surface area contributed by atoms with E-state index in [1.807, 2.05) is 0 Å². The van der Waals surface area contributed by atoms with E-state index in [2.05, 4.69) is 0 Å². The first kappa shape index (κ1) is 17.7. The standard InChI is InChI=1S/Al.H4O4Si.HO4Si/c;2*1-5(2,3)4/h;1-4H;1H/q+3;;-3. The zero-order valence-corrected chi connectivity index (χ0v) is 8.19. The van der Waals surface area contributed by atoms with E-state index >= 15 is 0 Å². The van der Waals surface area contributed by atoms with Gasteiger partial charge >= 0.3 is 26.4 Å². The van der Waals surface area contributed by atoms with E-state index in [1.165, 1.54) is 0 Å². The van der Waals surface area contributed by atoms with Crippen molar-refractivity contribution in [3.05, 3.63) is 0 Å². The molecule has 0 fully saturated rings. The van der Waals surface area contributed by atoms with Gasteiger partial charge in [0.25, 0.3) is 0 Å². The van der Waals surface area contributed by atoms with Crippen LogP contribution in [0, 0.1) is 0 Å². The normalized spacial score (nSPS) is 10.9. The molecule has 0 aromatic rings. The van der Waals surface area contributed by atoms with Crippen LogP contribution < -0.4 is 14.4 Å². The molecule has 0 aromatic heterocycles. The topological polar surface area (TPSA) is 170 Å². The van der Waals surface area contributed by atoms with Gasteiger partial charge in [-0.2, -0.15) is 0 Å². The van der Waals surface area contributed by atoms with Crippen molar-refractivity contribution in [2.24, 2.45) is 0 Å². The molecule has 0 spiro atoms. The summed E-state index contributed by atoms with van der Waals surface area (Å²) < 4.78 is 0. The summed E-state index contributed by atoms with van der Waals surface area (Å²) >= 11 is 0. The molecule has 0 aromatic carbocycles. The summed E-state index contributed by atoms with van der Waals surface area (Å²) in [7, 11) is -9.97. The van der Waals surface area contributed by atoms with Crippen LogP contribution in [0.4, 0.5) is 0 Å². The molecule has 0 atom stereocenters. The summed E-state index contributed by atoms with van der Waals surface area (Å²) in [6.07, 6.45) is 0. The molecule has 0 aliphatic heterocycles. The molecular formula is H5AlO8Si2. The quantitative estimate of drug-likeness (QED) is 0.248. The Kier molecular flexibility index (Phi) is 9.94. The number of rotatable bonds is 0. The van der Waals surface area contributed by atoms with E-state index in [0.717, 1.165) is 0 Å². The van der Waals surface area contributed by atoms with Crippen LogP contribution in [0.15, 0.2) is 0 Å². The van der Waals surface area contributed by atoms with Gasteiger partial charge in [-0.05, 0) is 0 Å². The van der Waals surface area contributed by atoms with Crippen molar-refractivity contribution in [3.63, 3.8) is 0 Å². The fraction of sp³-hybridized carbons (Fsp3) is 0. The van der Waals surface area contributed by atoms with Crippen LogP contribution in [-0.4, -0.2) is 59.4 Å². The predicted octanol–water partition coefficient (Wildman–Crippen LogP) is -7.49. The summed E-state index contributed by atoms with van der Waals surface area (Å²) in [5.74, 6) is 0. The Morgan fingerprint density at radius 1 is 0.727 bits per heavy atom. The van der Waals surface area contributed by atoms with Crippen LogP contribution in [0.3, 0.4) is 0 Å². The van der Waals surface area contributed by atoms with Crippen molar-refractivity contribution in [1.82, 2.24) is 0 Å². The Labute approximate surface area is 74.4 Å². The van der Waals surface area contributed by atoms with Gasteiger partial charge in [-0.25, -0.2) is 0 Å². The summed E-state index contributed by atoms with van der Waals surface area (Å²) in [4.78, 5) is 62.4. The van der Waals surface area contributed by atoms with Gasteiger partial charge in [-0.3, -0.25) is 0 Å². The molecule has 0 saturated carbocycles. The molecule has 64 valence electrons. The minimum absolute atomic E-state index is 0. The molecule has 11 heavy (non-hydrogen) atoms. The van der Waals surface area contributed by atoms with E-state index in [1.54, 1.807) is 0 Å². The van der Waals surface area contributed by atoms with Gasteiger partial charge in [0.15, 0.2) is 0 Å². The molecule has 0 saturated heterocycles. The molecule has 0 radical (unpaired) electrons. The molecule has 5 N–H and O–H groups in total. The van der Waals surface area contributed by atoms with E-state index in [0.29, 0.717) is 0 Å². The van der Waals surface area contributed by atoms with Crippen molar-refractivity contribution in [1.29, 1.82) is 0 Å². The predicted molar refractivity (Wildman–Crippen MR) is 28.4 cm³/mol. The third kappa shape index (κ3) is 1910. The molecule has 0 heterocycles. The second-order valence-electron chi connectivity index (χ2n) is 1.12. The van der Waals surface area contributed by atoms with Crippen molar-refractivity contribution in [2.45, 2.75) is 0 Å². The third-order valence-corrected chi connectivity index (χ3v) is 0. The summed E-state index contributed by atoms with van der Waals surface area (Å²) in [6, 6.07) is 0. The Balaban J connectivity index is -0.000000107. The van der Waals surface area contributed by atoms with Crippen molar-refractivity contribution in [2.75, 3.05) is 0 Å². The maximum atomic E-state index is 8.69. The first-order valence-electron chi connectivity index (χ1n) is 1.73. The summed E-state index contributed by atoms with van der Waals surface area (Å²) in [6.45, 7) is 0. The average Bonchev–Trinajstić information content (AvgIpc) is 1.12. The van der Waals surface area contributed by atoms with Crippen LogP contribution >= 0.6 is 0 Å². The second-order valence-corrected chi connectivity index (χ2v) is 3.37. The maximum Gasteiger partial charge on any atom is 3.00 e. The minimum atomic E-state index is -5.36. The monoisotopic (exact) mass is 216 g/mol. The smallest absolute Gasteiger partial charge is 0.861 e. The second kappa shape index (κ2) is 6.19. The number of hydrogen-bond donors (Lipinski definition) is 5. The fourth-order valence-electron chi connectivity index (χ4n) is 0. The zero-order chi connectivity index (χ0) is 9.00. The van der Waals surface area contributed by atoms with Gasteiger partial charge in [0.1, 0.15) is 0 Å². The summed E-state index contributed by atoms with van der Waals surface area (Å²) in [5, 5.41) is 0. The molecule has 0 aliphatic rings. The van der Waals surface area contributed by atoms with Gasteiger partial charge in [0, 0.05) is 0 Å². The van der Waals surface area contributed by atoms with Gasteiger partial charge in [-0.15, -0.1) is 9.05 Å². The molecule has 0 bridgehead atoms. The van der Waals surface area contributed by atoms with E-state index < -0.39 is 18.1 Å². The molecule has 0 rings (SSSR count). The molecule has 0 unspecified atom stereocenters. The van der Waals surface area contributed by atoms with Gasteiger partial charge in [0.05, 0.1) is 0 Å². The molecule has 0 amide bonds. The van der Waals surface area contributed by atoms with E-state index in [4.69, 9.17) is 38.4 Å².